The van der Waals surface area contributed by atoms with Crippen molar-refractivity contribution in [2.45, 2.75) is 19.1 Å². The van der Waals surface area contributed by atoms with Crippen LogP contribution >= 0.6 is 0 Å². The smallest absolute Gasteiger partial charge is 0.253 e. The highest BCUT2D eigenvalue weighted by Gasteiger charge is 2.31. The Bertz CT molecular complexity index is 745. The second kappa shape index (κ2) is 8.50. The standard InChI is InChI=1S/C21H26N4O2/c26-21(25-12-8-19(15-25)24-13-10-22-11-14-24)17-4-6-20(7-5-17)27-16-18-3-1-2-9-23-18/h1-7,9,19,22H,8,10-16H2. The van der Waals surface area contributed by atoms with Crippen molar-refractivity contribution in [3.8, 4) is 5.75 Å². The lowest BCUT2D eigenvalue weighted by Crippen LogP contribution is -2.49. The first-order valence-corrected chi connectivity index (χ1v) is 9.66. The maximum Gasteiger partial charge on any atom is 0.253 e. The molecule has 6 heteroatoms. The number of hydrogen-bond donors (Lipinski definition) is 1. The van der Waals surface area contributed by atoms with Gasteiger partial charge in [0.15, 0.2) is 0 Å². The molecule has 1 N–H and O–H groups in total. The Morgan fingerprint density at radius 1 is 1.11 bits per heavy atom. The second-order valence-corrected chi connectivity index (χ2v) is 7.11. The fraction of sp³-hybridized carbons (Fsp3) is 0.429. The maximum atomic E-state index is 12.8. The molecule has 6 nitrogen and oxygen atoms in total. The number of nitrogens with zero attached hydrogens (tertiary/aromatic N) is 3. The van der Waals surface area contributed by atoms with Gasteiger partial charge in [-0.05, 0) is 42.8 Å². The van der Waals surface area contributed by atoms with Gasteiger partial charge in [-0.2, -0.15) is 0 Å². The van der Waals surface area contributed by atoms with Crippen LogP contribution in [0, 0.1) is 0 Å². The number of ether oxygens (including phenoxy) is 1. The maximum absolute atomic E-state index is 12.8. The molecule has 1 aromatic carbocycles. The Labute approximate surface area is 160 Å². The van der Waals surface area contributed by atoms with E-state index in [0.717, 1.165) is 62.7 Å². The van der Waals surface area contributed by atoms with Crippen LogP contribution in [0.25, 0.3) is 0 Å². The molecule has 1 aromatic heterocycles. The summed E-state index contributed by atoms with van der Waals surface area (Å²) < 4.78 is 5.75. The van der Waals surface area contributed by atoms with Crippen LogP contribution in [-0.2, 0) is 6.61 Å². The van der Waals surface area contributed by atoms with Crippen molar-refractivity contribution in [1.82, 2.24) is 20.1 Å². The van der Waals surface area contributed by atoms with Crippen LogP contribution in [-0.4, -0.2) is 66.0 Å². The van der Waals surface area contributed by atoms with Gasteiger partial charge in [0.1, 0.15) is 12.4 Å². The topological polar surface area (TPSA) is 57.7 Å². The molecule has 2 aliphatic heterocycles. The predicted octanol–water partition coefficient (Wildman–Crippen LogP) is 1.78. The van der Waals surface area contributed by atoms with E-state index < -0.39 is 0 Å². The van der Waals surface area contributed by atoms with Gasteiger partial charge >= 0.3 is 0 Å². The highest BCUT2D eigenvalue weighted by atomic mass is 16.5. The van der Waals surface area contributed by atoms with Gasteiger partial charge in [-0.1, -0.05) is 6.07 Å². The first-order chi connectivity index (χ1) is 13.3. The molecule has 2 saturated heterocycles. The van der Waals surface area contributed by atoms with E-state index in [9.17, 15) is 4.79 Å². The molecule has 3 heterocycles. The molecular weight excluding hydrogens is 340 g/mol. The first-order valence-electron chi connectivity index (χ1n) is 9.66. The van der Waals surface area contributed by atoms with Crippen molar-refractivity contribution >= 4 is 5.91 Å². The molecule has 2 aliphatic rings. The van der Waals surface area contributed by atoms with Gasteiger partial charge in [0, 0.05) is 57.1 Å². The fourth-order valence-corrected chi connectivity index (χ4v) is 3.79. The number of rotatable bonds is 5. The van der Waals surface area contributed by atoms with Gasteiger partial charge in [0.2, 0.25) is 0 Å². The van der Waals surface area contributed by atoms with E-state index in [2.05, 4.69) is 15.2 Å². The average Bonchev–Trinajstić information content (AvgIpc) is 3.24. The van der Waals surface area contributed by atoms with Gasteiger partial charge in [-0.25, -0.2) is 0 Å². The third-order valence-electron chi connectivity index (χ3n) is 5.33. The van der Waals surface area contributed by atoms with Gasteiger partial charge < -0.3 is 15.0 Å². The summed E-state index contributed by atoms with van der Waals surface area (Å²) in [4.78, 5) is 21.5. The summed E-state index contributed by atoms with van der Waals surface area (Å²) in [6.07, 6.45) is 2.82. The molecule has 142 valence electrons. The molecular formula is C21H26N4O2. The largest absolute Gasteiger partial charge is 0.487 e. The van der Waals surface area contributed by atoms with Crippen molar-refractivity contribution in [3.05, 3.63) is 59.9 Å². The number of nitrogens with one attached hydrogen (secondary N) is 1. The van der Waals surface area contributed by atoms with Gasteiger partial charge in [0.25, 0.3) is 5.91 Å². The lowest BCUT2D eigenvalue weighted by Gasteiger charge is -2.32. The molecule has 0 aliphatic carbocycles. The first kappa shape index (κ1) is 17.9. The Hall–Kier alpha value is -2.44. The molecule has 2 aromatic rings. The number of carbonyl (C=O) groups is 1. The van der Waals surface area contributed by atoms with Gasteiger partial charge in [-0.3, -0.25) is 14.7 Å². The average molecular weight is 366 g/mol. The minimum absolute atomic E-state index is 0.115. The molecule has 4 rings (SSSR count). The number of likely N-dealkylation sites (tertiary alicyclic amines) is 1. The lowest BCUT2D eigenvalue weighted by atomic mass is 10.2. The number of piperazine rings is 1. The third kappa shape index (κ3) is 4.46. The van der Waals surface area contributed by atoms with E-state index in [0.29, 0.717) is 12.6 Å². The van der Waals surface area contributed by atoms with Crippen molar-refractivity contribution < 1.29 is 9.53 Å². The molecule has 0 spiro atoms. The predicted molar refractivity (Wildman–Crippen MR) is 104 cm³/mol. The number of aromatic nitrogens is 1. The zero-order valence-corrected chi connectivity index (χ0v) is 15.5. The number of benzene rings is 1. The van der Waals surface area contributed by atoms with Crippen LogP contribution in [0.1, 0.15) is 22.5 Å². The zero-order valence-electron chi connectivity index (χ0n) is 15.5. The summed E-state index contributed by atoms with van der Waals surface area (Å²) >= 11 is 0. The zero-order chi connectivity index (χ0) is 18.5. The number of carbonyl (C=O) groups excluding carboxylic acids is 1. The minimum Gasteiger partial charge on any atom is -0.487 e. The van der Waals surface area contributed by atoms with Crippen LogP contribution < -0.4 is 10.1 Å². The number of amides is 1. The van der Waals surface area contributed by atoms with E-state index in [1.165, 1.54) is 0 Å². The van der Waals surface area contributed by atoms with E-state index in [1.807, 2.05) is 47.4 Å². The van der Waals surface area contributed by atoms with E-state index in [-0.39, 0.29) is 5.91 Å². The number of pyridine rings is 1. The Morgan fingerprint density at radius 3 is 2.67 bits per heavy atom. The normalized spacial score (nSPS) is 20.6. The lowest BCUT2D eigenvalue weighted by molar-refractivity contribution is 0.0773. The molecule has 1 unspecified atom stereocenters. The van der Waals surface area contributed by atoms with Crippen LogP contribution in [0.4, 0.5) is 0 Å². The highest BCUT2D eigenvalue weighted by Crippen LogP contribution is 2.20. The quantitative estimate of drug-likeness (QED) is 0.874. The van der Waals surface area contributed by atoms with Crippen LogP contribution in [0.5, 0.6) is 5.75 Å². The summed E-state index contributed by atoms with van der Waals surface area (Å²) in [6.45, 7) is 6.34. The van der Waals surface area contributed by atoms with Gasteiger partial charge in [-0.15, -0.1) is 0 Å². The van der Waals surface area contributed by atoms with Gasteiger partial charge in [0.05, 0.1) is 5.69 Å². The summed E-state index contributed by atoms with van der Waals surface area (Å²) in [7, 11) is 0. The SMILES string of the molecule is O=C(c1ccc(OCc2ccccn2)cc1)N1CCC(N2CCNCC2)C1. The molecule has 0 bridgehead atoms. The van der Waals surface area contributed by atoms with Crippen LogP contribution in [0.2, 0.25) is 0 Å². The van der Waals surface area contributed by atoms with Crippen molar-refractivity contribution in [2.75, 3.05) is 39.3 Å². The Kier molecular flexibility index (Phi) is 5.65. The van der Waals surface area contributed by atoms with Crippen LogP contribution in [0.15, 0.2) is 48.7 Å². The minimum atomic E-state index is 0.115. The summed E-state index contributed by atoms with van der Waals surface area (Å²) in [5.41, 5.74) is 1.61. The third-order valence-corrected chi connectivity index (χ3v) is 5.33. The van der Waals surface area contributed by atoms with Crippen molar-refractivity contribution in [3.63, 3.8) is 0 Å². The highest BCUT2D eigenvalue weighted by molar-refractivity contribution is 5.94. The molecule has 1 amide bonds. The summed E-state index contributed by atoms with van der Waals surface area (Å²) in [6, 6.07) is 13.7. The van der Waals surface area contributed by atoms with E-state index >= 15 is 0 Å². The second-order valence-electron chi connectivity index (χ2n) is 7.11. The molecule has 0 saturated carbocycles. The van der Waals surface area contributed by atoms with Crippen LogP contribution in [0.3, 0.4) is 0 Å². The van der Waals surface area contributed by atoms with Crippen molar-refractivity contribution in [1.29, 1.82) is 0 Å². The van der Waals surface area contributed by atoms with E-state index in [4.69, 9.17) is 4.74 Å². The fourth-order valence-electron chi connectivity index (χ4n) is 3.79. The summed E-state index contributed by atoms with van der Waals surface area (Å²) in [5.74, 6) is 0.862. The number of hydrogen-bond acceptors (Lipinski definition) is 5. The van der Waals surface area contributed by atoms with Crippen molar-refractivity contribution in [2.24, 2.45) is 0 Å². The Balaban J connectivity index is 1.31. The molecule has 27 heavy (non-hydrogen) atoms. The monoisotopic (exact) mass is 366 g/mol. The Morgan fingerprint density at radius 2 is 1.93 bits per heavy atom. The molecule has 2 fully saturated rings. The molecule has 1 atom stereocenters. The summed E-state index contributed by atoms with van der Waals surface area (Å²) in [5, 5.41) is 3.39. The molecule has 0 radical (unpaired) electrons. The van der Waals surface area contributed by atoms with E-state index in [1.54, 1.807) is 6.20 Å².